The van der Waals surface area contributed by atoms with Gasteiger partial charge < -0.3 is 4.42 Å². The van der Waals surface area contributed by atoms with Gasteiger partial charge in [0.05, 0.1) is 6.26 Å². The van der Waals surface area contributed by atoms with Crippen LogP contribution in [-0.4, -0.2) is 0 Å². The van der Waals surface area contributed by atoms with Gasteiger partial charge in [0.15, 0.2) is 0 Å². The van der Waals surface area contributed by atoms with Crippen molar-refractivity contribution in [2.75, 3.05) is 0 Å². The Hall–Kier alpha value is -1.24. The Labute approximate surface area is 66.0 Å². The molecule has 1 aliphatic heterocycles. The summed E-state index contributed by atoms with van der Waals surface area (Å²) in [5, 5.41) is 0. The lowest BCUT2D eigenvalue weighted by molar-refractivity contribution is 0.515. The predicted molar refractivity (Wildman–Crippen MR) is 44.8 cm³/mol. The number of hydrogen-bond acceptors (Lipinski definition) is 1. The Morgan fingerprint density at radius 2 is 1.82 bits per heavy atom. The first-order chi connectivity index (χ1) is 5.29. The average molecular weight is 146 g/mol. The normalized spacial score (nSPS) is 10.7. The third-order valence-electron chi connectivity index (χ3n) is 2.03. The van der Waals surface area contributed by atoms with E-state index in [0.29, 0.717) is 0 Å². The quantitative estimate of drug-likeness (QED) is 0.556. The summed E-state index contributed by atoms with van der Waals surface area (Å²) in [4.78, 5) is 0. The summed E-state index contributed by atoms with van der Waals surface area (Å²) in [6, 6.07) is 6.26. The summed E-state index contributed by atoms with van der Waals surface area (Å²) in [6.45, 7) is 4.05. The van der Waals surface area contributed by atoms with Crippen LogP contribution >= 0.6 is 0 Å². The van der Waals surface area contributed by atoms with Crippen LogP contribution in [0.1, 0.15) is 11.3 Å². The van der Waals surface area contributed by atoms with Crippen molar-refractivity contribution in [1.82, 2.24) is 0 Å². The molecule has 56 valence electrons. The monoisotopic (exact) mass is 146 g/mol. The van der Waals surface area contributed by atoms with Crippen LogP contribution in [0.3, 0.4) is 0 Å². The van der Waals surface area contributed by atoms with Crippen molar-refractivity contribution in [2.45, 2.75) is 13.8 Å². The Bertz CT molecular complexity index is 313. The molecule has 2 rings (SSSR count). The second-order valence-electron chi connectivity index (χ2n) is 2.83. The first-order valence-corrected chi connectivity index (χ1v) is 3.72. The SMILES string of the molecule is Cc1coc(C)c2cccc1-2. The van der Waals surface area contributed by atoms with Crippen molar-refractivity contribution < 1.29 is 4.42 Å². The molecule has 0 fully saturated rings. The molecule has 1 aliphatic carbocycles. The molecule has 0 atom stereocenters. The molecule has 1 nitrogen and oxygen atoms in total. The number of rotatable bonds is 0. The van der Waals surface area contributed by atoms with Gasteiger partial charge in [0.25, 0.3) is 0 Å². The van der Waals surface area contributed by atoms with Gasteiger partial charge in [-0.1, -0.05) is 18.2 Å². The fourth-order valence-corrected chi connectivity index (χ4v) is 1.37. The first-order valence-electron chi connectivity index (χ1n) is 3.72. The molecule has 1 heterocycles. The van der Waals surface area contributed by atoms with E-state index in [4.69, 9.17) is 4.42 Å². The second-order valence-corrected chi connectivity index (χ2v) is 2.83. The minimum absolute atomic E-state index is 0.996. The Kier molecular flexibility index (Phi) is 1.25. The van der Waals surface area contributed by atoms with Crippen LogP contribution in [-0.2, 0) is 0 Å². The number of aryl methyl sites for hydroxylation is 2. The molecule has 0 unspecified atom stereocenters. The van der Waals surface area contributed by atoms with Crippen LogP contribution in [0.25, 0.3) is 11.1 Å². The van der Waals surface area contributed by atoms with Gasteiger partial charge >= 0.3 is 0 Å². The topological polar surface area (TPSA) is 13.1 Å². The second kappa shape index (κ2) is 2.12. The lowest BCUT2D eigenvalue weighted by atomic mass is 10.1. The maximum atomic E-state index is 5.33. The summed E-state index contributed by atoms with van der Waals surface area (Å²) in [6.07, 6.45) is 1.80. The van der Waals surface area contributed by atoms with Crippen LogP contribution in [0.2, 0.25) is 0 Å². The van der Waals surface area contributed by atoms with Gasteiger partial charge in [0.2, 0.25) is 0 Å². The minimum Gasteiger partial charge on any atom is -0.469 e. The maximum Gasteiger partial charge on any atom is 0.108 e. The number of fused-ring (bicyclic) bond motifs is 1. The minimum atomic E-state index is 0.996. The van der Waals surface area contributed by atoms with E-state index in [9.17, 15) is 0 Å². The third-order valence-corrected chi connectivity index (χ3v) is 2.03. The van der Waals surface area contributed by atoms with E-state index in [2.05, 4.69) is 25.1 Å². The van der Waals surface area contributed by atoms with Crippen molar-refractivity contribution in [2.24, 2.45) is 0 Å². The summed E-state index contributed by atoms with van der Waals surface area (Å²) in [5.41, 5.74) is 3.73. The molecule has 0 N–H and O–H groups in total. The van der Waals surface area contributed by atoms with E-state index in [-0.39, 0.29) is 0 Å². The molecule has 0 spiro atoms. The Morgan fingerprint density at radius 3 is 2.55 bits per heavy atom. The van der Waals surface area contributed by atoms with Crippen molar-refractivity contribution in [1.29, 1.82) is 0 Å². The molecule has 0 aromatic heterocycles. The van der Waals surface area contributed by atoms with E-state index in [0.717, 1.165) is 5.76 Å². The highest BCUT2D eigenvalue weighted by Gasteiger charge is 2.08. The van der Waals surface area contributed by atoms with Gasteiger partial charge in [-0.05, 0) is 25.0 Å². The Morgan fingerprint density at radius 1 is 1.09 bits per heavy atom. The largest absolute Gasteiger partial charge is 0.469 e. The lowest BCUT2D eigenvalue weighted by Gasteiger charge is -2.04. The number of hydrogen-bond donors (Lipinski definition) is 0. The van der Waals surface area contributed by atoms with E-state index in [1.807, 2.05) is 6.92 Å². The summed E-state index contributed by atoms with van der Waals surface area (Å²) < 4.78 is 5.33. The highest BCUT2D eigenvalue weighted by molar-refractivity contribution is 5.70. The predicted octanol–water partition coefficient (Wildman–Crippen LogP) is 3.00. The van der Waals surface area contributed by atoms with Gasteiger partial charge in [-0.15, -0.1) is 0 Å². The van der Waals surface area contributed by atoms with Crippen LogP contribution in [0.5, 0.6) is 0 Å². The zero-order valence-electron chi connectivity index (χ0n) is 6.72. The van der Waals surface area contributed by atoms with E-state index < -0.39 is 0 Å². The van der Waals surface area contributed by atoms with E-state index in [1.165, 1.54) is 16.7 Å². The molecule has 0 amide bonds. The summed E-state index contributed by atoms with van der Waals surface area (Å²) >= 11 is 0. The van der Waals surface area contributed by atoms with Crippen LogP contribution in [0.4, 0.5) is 0 Å². The van der Waals surface area contributed by atoms with Gasteiger partial charge in [0, 0.05) is 5.56 Å². The smallest absolute Gasteiger partial charge is 0.108 e. The zero-order chi connectivity index (χ0) is 7.84. The molecule has 0 bridgehead atoms. The zero-order valence-corrected chi connectivity index (χ0v) is 6.72. The summed E-state index contributed by atoms with van der Waals surface area (Å²) in [5.74, 6) is 0.996. The maximum absolute atomic E-state index is 5.33. The molecular formula is C10H10O. The first kappa shape index (κ1) is 6.47. The molecule has 0 radical (unpaired) electrons. The molecule has 2 aliphatic rings. The molecule has 0 saturated carbocycles. The fraction of sp³-hybridized carbons (Fsp3) is 0.200. The average Bonchev–Trinajstić information content (AvgIpc) is 2.45. The van der Waals surface area contributed by atoms with Gasteiger partial charge in [-0.3, -0.25) is 0 Å². The van der Waals surface area contributed by atoms with Crippen LogP contribution in [0, 0.1) is 13.8 Å². The fourth-order valence-electron chi connectivity index (χ4n) is 1.37. The van der Waals surface area contributed by atoms with Crippen molar-refractivity contribution >= 4 is 0 Å². The standard InChI is InChI=1S/C10H10O/c1-7-6-11-8(2)10-5-3-4-9(7)10/h3-6H,1-2H3. The van der Waals surface area contributed by atoms with Crippen molar-refractivity contribution in [3.8, 4) is 11.1 Å². The van der Waals surface area contributed by atoms with Gasteiger partial charge in [0.1, 0.15) is 5.76 Å². The van der Waals surface area contributed by atoms with Crippen LogP contribution in [0.15, 0.2) is 28.9 Å². The molecule has 11 heavy (non-hydrogen) atoms. The van der Waals surface area contributed by atoms with Crippen LogP contribution < -0.4 is 0 Å². The van der Waals surface area contributed by atoms with Gasteiger partial charge in [-0.25, -0.2) is 0 Å². The third kappa shape index (κ3) is 0.845. The molecular weight excluding hydrogens is 136 g/mol. The lowest BCUT2D eigenvalue weighted by Crippen LogP contribution is -1.83. The highest BCUT2D eigenvalue weighted by atomic mass is 16.3. The van der Waals surface area contributed by atoms with Gasteiger partial charge in [-0.2, -0.15) is 0 Å². The molecule has 0 saturated heterocycles. The summed E-state index contributed by atoms with van der Waals surface area (Å²) in [7, 11) is 0. The van der Waals surface area contributed by atoms with E-state index in [1.54, 1.807) is 6.26 Å². The molecule has 0 aromatic rings. The highest BCUT2D eigenvalue weighted by Crippen LogP contribution is 2.29. The Balaban J connectivity index is 2.82. The molecule has 0 aromatic carbocycles. The van der Waals surface area contributed by atoms with Crippen molar-refractivity contribution in [3.63, 3.8) is 0 Å². The van der Waals surface area contributed by atoms with Crippen molar-refractivity contribution in [3.05, 3.63) is 35.8 Å². The van der Waals surface area contributed by atoms with E-state index >= 15 is 0 Å². The molecule has 1 heteroatoms.